The van der Waals surface area contributed by atoms with Crippen LogP contribution in [0.2, 0.25) is 10.0 Å². The molecule has 0 fully saturated rings. The zero-order chi connectivity index (χ0) is 25.0. The number of benzene rings is 2. The van der Waals surface area contributed by atoms with Gasteiger partial charge in [0, 0.05) is 13.6 Å². The molecular weight excluding hydrogens is 492 g/mol. The number of pyridine rings is 1. The zero-order valence-corrected chi connectivity index (χ0v) is 19.8. The minimum atomic E-state index is -4.55. The number of aryl methyl sites for hydroxylation is 1. The van der Waals surface area contributed by atoms with Crippen LogP contribution < -0.4 is 15.6 Å². The molecule has 34 heavy (non-hydrogen) atoms. The Morgan fingerprint density at radius 2 is 1.82 bits per heavy atom. The first-order valence-corrected chi connectivity index (χ1v) is 11.0. The Bertz CT molecular complexity index is 1270. The standard InChI is InChI=1S/C24H21Cl2F3N2O3/c1-31-20(15-6-3-7-16(12-15)24(27,28)29)13-17(21(34-2)23(31)33)22(32)30-10-4-5-14-8-9-18(25)19(26)11-14/h3,6-9,11-13H,4-5,10H2,1-2H3,(H,30,32). The summed E-state index contributed by atoms with van der Waals surface area (Å²) in [5.74, 6) is -0.767. The van der Waals surface area contributed by atoms with Crippen LogP contribution in [0.1, 0.15) is 27.9 Å². The second-order valence-electron chi connectivity index (χ2n) is 7.53. The van der Waals surface area contributed by atoms with E-state index in [0.717, 1.165) is 22.3 Å². The maximum Gasteiger partial charge on any atom is 0.416 e. The molecule has 0 atom stereocenters. The van der Waals surface area contributed by atoms with Crippen LogP contribution in [0.5, 0.6) is 5.75 Å². The fourth-order valence-corrected chi connectivity index (χ4v) is 3.78. The van der Waals surface area contributed by atoms with E-state index in [-0.39, 0.29) is 29.1 Å². The highest BCUT2D eigenvalue weighted by Crippen LogP contribution is 2.32. The van der Waals surface area contributed by atoms with Crippen molar-refractivity contribution in [2.75, 3.05) is 13.7 Å². The predicted molar refractivity (Wildman–Crippen MR) is 126 cm³/mol. The Hall–Kier alpha value is -2.97. The van der Waals surface area contributed by atoms with Gasteiger partial charge >= 0.3 is 6.18 Å². The number of hydrogen-bond donors (Lipinski definition) is 1. The van der Waals surface area contributed by atoms with Crippen molar-refractivity contribution in [3.05, 3.63) is 85.6 Å². The predicted octanol–water partition coefficient (Wildman–Crippen LogP) is 5.75. The zero-order valence-electron chi connectivity index (χ0n) is 18.3. The third-order valence-electron chi connectivity index (χ3n) is 5.23. The molecule has 0 bridgehead atoms. The van der Waals surface area contributed by atoms with Gasteiger partial charge in [-0.25, -0.2) is 0 Å². The summed E-state index contributed by atoms with van der Waals surface area (Å²) in [7, 11) is 2.65. The molecule has 1 amide bonds. The quantitative estimate of drug-likeness (QED) is 0.410. The molecule has 10 heteroatoms. The highest BCUT2D eigenvalue weighted by Gasteiger charge is 2.31. The van der Waals surface area contributed by atoms with Crippen molar-refractivity contribution in [3.8, 4) is 17.0 Å². The molecule has 0 saturated carbocycles. The number of halogens is 5. The minimum Gasteiger partial charge on any atom is -0.491 e. The Morgan fingerprint density at radius 1 is 1.09 bits per heavy atom. The summed E-state index contributed by atoms with van der Waals surface area (Å²) >= 11 is 11.9. The number of amides is 1. The van der Waals surface area contributed by atoms with Gasteiger partial charge in [-0.2, -0.15) is 13.2 Å². The van der Waals surface area contributed by atoms with Crippen LogP contribution in [-0.4, -0.2) is 24.1 Å². The monoisotopic (exact) mass is 512 g/mol. The van der Waals surface area contributed by atoms with Gasteiger partial charge in [-0.3, -0.25) is 9.59 Å². The summed E-state index contributed by atoms with van der Waals surface area (Å²) in [4.78, 5) is 25.6. The number of alkyl halides is 3. The topological polar surface area (TPSA) is 60.3 Å². The van der Waals surface area contributed by atoms with Gasteiger partial charge in [-0.05, 0) is 54.3 Å². The van der Waals surface area contributed by atoms with Gasteiger partial charge in [0.15, 0.2) is 5.75 Å². The lowest BCUT2D eigenvalue weighted by atomic mass is 10.0. The molecule has 0 unspecified atom stereocenters. The van der Waals surface area contributed by atoms with Crippen LogP contribution in [0.15, 0.2) is 53.3 Å². The summed E-state index contributed by atoms with van der Waals surface area (Å²) in [5.41, 5.74) is -0.322. The van der Waals surface area contributed by atoms with Crippen molar-refractivity contribution in [3.63, 3.8) is 0 Å². The van der Waals surface area contributed by atoms with Crippen LogP contribution in [0.25, 0.3) is 11.3 Å². The molecule has 180 valence electrons. The molecule has 0 aliphatic carbocycles. The van der Waals surface area contributed by atoms with E-state index in [4.69, 9.17) is 27.9 Å². The normalized spacial score (nSPS) is 11.4. The van der Waals surface area contributed by atoms with E-state index < -0.39 is 23.2 Å². The summed E-state index contributed by atoms with van der Waals surface area (Å²) in [6.07, 6.45) is -3.34. The van der Waals surface area contributed by atoms with E-state index in [2.05, 4.69) is 5.32 Å². The molecule has 0 aliphatic heterocycles. The number of hydrogen-bond acceptors (Lipinski definition) is 3. The Labute approximate surface area is 204 Å². The number of carbonyl (C=O) groups excluding carboxylic acids is 1. The average Bonchev–Trinajstić information content (AvgIpc) is 2.80. The van der Waals surface area contributed by atoms with E-state index >= 15 is 0 Å². The summed E-state index contributed by atoms with van der Waals surface area (Å²) in [6, 6.07) is 11.2. The summed E-state index contributed by atoms with van der Waals surface area (Å²) in [6.45, 7) is 0.288. The number of carbonyl (C=O) groups is 1. The average molecular weight is 513 g/mol. The molecule has 5 nitrogen and oxygen atoms in total. The molecule has 0 saturated heterocycles. The molecule has 3 aromatic rings. The molecule has 1 aromatic heterocycles. The fourth-order valence-electron chi connectivity index (χ4n) is 3.46. The molecule has 0 spiro atoms. The van der Waals surface area contributed by atoms with Gasteiger partial charge in [0.2, 0.25) is 0 Å². The van der Waals surface area contributed by atoms with Gasteiger partial charge in [-0.1, -0.05) is 41.4 Å². The first kappa shape index (κ1) is 25.6. The third kappa shape index (κ3) is 5.74. The number of aromatic nitrogens is 1. The lowest BCUT2D eigenvalue weighted by Crippen LogP contribution is -2.29. The molecule has 3 rings (SSSR count). The second kappa shape index (κ2) is 10.5. The maximum absolute atomic E-state index is 13.2. The lowest BCUT2D eigenvalue weighted by Gasteiger charge is -2.16. The van der Waals surface area contributed by atoms with Crippen molar-refractivity contribution in [2.45, 2.75) is 19.0 Å². The lowest BCUT2D eigenvalue weighted by molar-refractivity contribution is -0.137. The molecule has 0 aliphatic rings. The van der Waals surface area contributed by atoms with E-state index in [1.54, 1.807) is 12.1 Å². The van der Waals surface area contributed by atoms with E-state index in [1.165, 1.54) is 32.4 Å². The number of rotatable bonds is 7. The fraction of sp³-hybridized carbons (Fsp3) is 0.250. The molecule has 1 N–H and O–H groups in total. The van der Waals surface area contributed by atoms with Crippen molar-refractivity contribution in [1.29, 1.82) is 0 Å². The minimum absolute atomic E-state index is 0.0625. The smallest absolute Gasteiger partial charge is 0.416 e. The van der Waals surface area contributed by atoms with Crippen molar-refractivity contribution < 1.29 is 22.7 Å². The van der Waals surface area contributed by atoms with Gasteiger partial charge in [-0.15, -0.1) is 0 Å². The van der Waals surface area contributed by atoms with Gasteiger partial charge in [0.05, 0.1) is 34.0 Å². The molecule has 1 heterocycles. The largest absolute Gasteiger partial charge is 0.491 e. The van der Waals surface area contributed by atoms with Gasteiger partial charge in [0.1, 0.15) is 0 Å². The van der Waals surface area contributed by atoms with Gasteiger partial charge < -0.3 is 14.6 Å². The Kier molecular flexibility index (Phi) is 7.94. The second-order valence-corrected chi connectivity index (χ2v) is 8.34. The third-order valence-corrected chi connectivity index (χ3v) is 5.97. The number of methoxy groups -OCH3 is 1. The summed E-state index contributed by atoms with van der Waals surface area (Å²) in [5, 5.41) is 3.62. The highest BCUT2D eigenvalue weighted by molar-refractivity contribution is 6.42. The number of ether oxygens (including phenoxy) is 1. The van der Waals surface area contributed by atoms with E-state index in [0.29, 0.717) is 22.9 Å². The van der Waals surface area contributed by atoms with Crippen LogP contribution >= 0.6 is 23.2 Å². The van der Waals surface area contributed by atoms with Crippen molar-refractivity contribution >= 4 is 29.1 Å². The number of nitrogens with zero attached hydrogens (tertiary/aromatic N) is 1. The van der Waals surface area contributed by atoms with Gasteiger partial charge in [0.25, 0.3) is 11.5 Å². The first-order chi connectivity index (χ1) is 16.0. The molecular formula is C24H21Cl2F3N2O3. The molecule has 2 aromatic carbocycles. The van der Waals surface area contributed by atoms with Crippen LogP contribution in [0.4, 0.5) is 13.2 Å². The van der Waals surface area contributed by atoms with Crippen LogP contribution in [0.3, 0.4) is 0 Å². The summed E-state index contributed by atoms with van der Waals surface area (Å²) < 4.78 is 45.8. The van der Waals surface area contributed by atoms with Crippen molar-refractivity contribution in [2.24, 2.45) is 7.05 Å². The van der Waals surface area contributed by atoms with Crippen LogP contribution in [0, 0.1) is 0 Å². The molecule has 0 radical (unpaired) electrons. The maximum atomic E-state index is 13.2. The highest BCUT2D eigenvalue weighted by atomic mass is 35.5. The SMILES string of the molecule is COc1c(C(=O)NCCCc2ccc(Cl)c(Cl)c2)cc(-c2cccc(C(F)(F)F)c2)n(C)c1=O. The van der Waals surface area contributed by atoms with Crippen LogP contribution in [-0.2, 0) is 19.6 Å². The Balaban J connectivity index is 1.83. The van der Waals surface area contributed by atoms with E-state index in [1.807, 2.05) is 6.07 Å². The Morgan fingerprint density at radius 3 is 2.47 bits per heavy atom. The van der Waals surface area contributed by atoms with Crippen molar-refractivity contribution in [1.82, 2.24) is 9.88 Å². The number of nitrogens with one attached hydrogen (secondary N) is 1. The first-order valence-electron chi connectivity index (χ1n) is 10.2. The van der Waals surface area contributed by atoms with E-state index in [9.17, 15) is 22.8 Å².